The highest BCUT2D eigenvalue weighted by Gasteiger charge is 2.24. The molecule has 28 heavy (non-hydrogen) atoms. The molecule has 9 heteroatoms. The highest BCUT2D eigenvalue weighted by atomic mass is 19.1. The molecule has 3 heterocycles. The van der Waals surface area contributed by atoms with Gasteiger partial charge in [-0.1, -0.05) is 0 Å². The van der Waals surface area contributed by atoms with E-state index in [1.807, 2.05) is 13.0 Å². The minimum absolute atomic E-state index is 0.0193. The van der Waals surface area contributed by atoms with Crippen LogP contribution in [0.3, 0.4) is 0 Å². The highest BCUT2D eigenvalue weighted by molar-refractivity contribution is 6.03. The molecule has 0 aromatic carbocycles. The normalized spacial score (nSPS) is 13.4. The first-order valence-electron chi connectivity index (χ1n) is 8.70. The summed E-state index contributed by atoms with van der Waals surface area (Å²) in [5.41, 5.74) is 1.78. The lowest BCUT2D eigenvalue weighted by Crippen LogP contribution is -2.15. The molecule has 0 bridgehead atoms. The molecule has 3 aromatic heterocycles. The molecular weight excluding hydrogens is 368 g/mol. The minimum Gasteiger partial charge on any atom is -0.474 e. The first-order valence-corrected chi connectivity index (χ1v) is 8.70. The van der Waals surface area contributed by atoms with Gasteiger partial charge in [0.1, 0.15) is 11.8 Å². The molecule has 1 amide bonds. The van der Waals surface area contributed by atoms with Crippen molar-refractivity contribution < 1.29 is 18.3 Å². The van der Waals surface area contributed by atoms with Crippen LogP contribution < -0.4 is 10.1 Å². The Labute approximate surface area is 159 Å². The van der Waals surface area contributed by atoms with Gasteiger partial charge in [-0.3, -0.25) is 14.5 Å². The predicted octanol–water partition coefficient (Wildman–Crippen LogP) is 3.26. The van der Waals surface area contributed by atoms with E-state index < -0.39 is 23.2 Å². The zero-order valence-corrected chi connectivity index (χ0v) is 15.2. The second-order valence-electron chi connectivity index (χ2n) is 6.63. The quantitative estimate of drug-likeness (QED) is 0.729. The number of pyridine rings is 2. The molecule has 0 aliphatic heterocycles. The third-order valence-corrected chi connectivity index (χ3v) is 4.38. The molecule has 0 spiro atoms. The number of aromatic nitrogens is 4. The van der Waals surface area contributed by atoms with Crippen molar-refractivity contribution in [3.63, 3.8) is 0 Å². The molecule has 1 N–H and O–H groups in total. The van der Waals surface area contributed by atoms with Crippen molar-refractivity contribution in [2.45, 2.75) is 25.9 Å². The summed E-state index contributed by atoms with van der Waals surface area (Å²) in [5.74, 6) is -2.09. The van der Waals surface area contributed by atoms with Gasteiger partial charge in [0.05, 0.1) is 18.1 Å². The summed E-state index contributed by atoms with van der Waals surface area (Å²) >= 11 is 0. The fourth-order valence-electron chi connectivity index (χ4n) is 2.76. The zero-order chi connectivity index (χ0) is 19.8. The summed E-state index contributed by atoms with van der Waals surface area (Å²) in [6.07, 6.45) is 5.64. The van der Waals surface area contributed by atoms with Gasteiger partial charge in [0, 0.05) is 24.9 Å². The molecule has 1 fully saturated rings. The maximum atomic E-state index is 13.7. The van der Waals surface area contributed by atoms with Gasteiger partial charge in [0.15, 0.2) is 17.3 Å². The van der Waals surface area contributed by atoms with Crippen LogP contribution in [0, 0.1) is 18.6 Å². The maximum Gasteiger partial charge on any atom is 0.276 e. The summed E-state index contributed by atoms with van der Waals surface area (Å²) in [7, 11) is 1.67. The lowest BCUT2D eigenvalue weighted by atomic mass is 10.1. The number of nitrogens with zero attached hydrogens (tertiary/aromatic N) is 4. The Bertz CT molecular complexity index is 1040. The first-order chi connectivity index (χ1) is 13.4. The van der Waals surface area contributed by atoms with Crippen LogP contribution in [0.15, 0.2) is 30.7 Å². The summed E-state index contributed by atoms with van der Waals surface area (Å²) < 4.78 is 34.6. The van der Waals surface area contributed by atoms with E-state index in [2.05, 4.69) is 20.4 Å². The number of carbonyl (C=O) groups excluding carboxylic acids is 1. The van der Waals surface area contributed by atoms with Crippen LogP contribution in [0.5, 0.6) is 5.88 Å². The molecule has 1 saturated carbocycles. The lowest BCUT2D eigenvalue weighted by molar-refractivity contribution is 0.102. The van der Waals surface area contributed by atoms with Crippen LogP contribution >= 0.6 is 0 Å². The van der Waals surface area contributed by atoms with E-state index in [9.17, 15) is 13.6 Å². The Balaban J connectivity index is 1.59. The van der Waals surface area contributed by atoms with Crippen LogP contribution in [0.2, 0.25) is 0 Å². The van der Waals surface area contributed by atoms with Crippen LogP contribution in [-0.4, -0.2) is 31.8 Å². The van der Waals surface area contributed by atoms with Gasteiger partial charge in [-0.25, -0.2) is 13.8 Å². The number of anilines is 1. The third kappa shape index (κ3) is 3.55. The topological polar surface area (TPSA) is 81.9 Å². The average molecular weight is 385 g/mol. The number of amides is 1. The molecule has 7 nitrogen and oxygen atoms in total. The van der Waals surface area contributed by atoms with Crippen molar-refractivity contribution in [3.8, 4) is 17.1 Å². The van der Waals surface area contributed by atoms with Gasteiger partial charge in [-0.05, 0) is 31.4 Å². The molecule has 0 unspecified atom stereocenters. The van der Waals surface area contributed by atoms with Gasteiger partial charge >= 0.3 is 0 Å². The number of aryl methyl sites for hydroxylation is 2. The number of nitrogens with one attached hydrogen (secondary N) is 1. The lowest BCUT2D eigenvalue weighted by Gasteiger charge is -2.08. The number of hydrogen-bond donors (Lipinski definition) is 1. The Kier molecular flexibility index (Phi) is 4.50. The average Bonchev–Trinajstić information content (AvgIpc) is 3.38. The number of carbonyl (C=O) groups is 1. The molecule has 0 radical (unpaired) electrons. The summed E-state index contributed by atoms with van der Waals surface area (Å²) in [5, 5.41) is 6.35. The number of rotatable bonds is 5. The van der Waals surface area contributed by atoms with Crippen molar-refractivity contribution in [3.05, 3.63) is 53.6 Å². The smallest absolute Gasteiger partial charge is 0.276 e. The van der Waals surface area contributed by atoms with Crippen molar-refractivity contribution in [2.24, 2.45) is 7.05 Å². The summed E-state index contributed by atoms with van der Waals surface area (Å²) in [6.45, 7) is 1.91. The Hall–Kier alpha value is -3.36. The van der Waals surface area contributed by atoms with Crippen LogP contribution in [0.4, 0.5) is 14.5 Å². The van der Waals surface area contributed by atoms with E-state index in [4.69, 9.17) is 4.74 Å². The maximum absolute atomic E-state index is 13.7. The van der Waals surface area contributed by atoms with Gasteiger partial charge in [0.2, 0.25) is 5.88 Å². The highest BCUT2D eigenvalue weighted by Crippen LogP contribution is 2.29. The van der Waals surface area contributed by atoms with E-state index >= 15 is 0 Å². The standard InChI is InChI=1S/C19H17F2N5O2/c1-10-5-17(28-11-3-4-11)23-7-12(10)16-6-15(25-26(16)2)19(27)24-18-13(20)8-22-9-14(18)21/h5-9,11H,3-4H2,1-2H3,(H,22,24,27). The van der Waals surface area contributed by atoms with Gasteiger partial charge in [0.25, 0.3) is 5.91 Å². The molecule has 4 rings (SSSR count). The zero-order valence-electron chi connectivity index (χ0n) is 15.2. The fraction of sp³-hybridized carbons (Fsp3) is 0.263. The molecule has 1 aliphatic rings. The Morgan fingerprint density at radius 2 is 1.93 bits per heavy atom. The predicted molar refractivity (Wildman–Crippen MR) is 96.9 cm³/mol. The molecule has 1 aliphatic carbocycles. The SMILES string of the molecule is Cc1cc(OC2CC2)ncc1-c1cc(C(=O)Nc2c(F)cncc2F)nn1C. The van der Waals surface area contributed by atoms with Crippen molar-refractivity contribution in [1.82, 2.24) is 19.7 Å². The second kappa shape index (κ2) is 6.99. The van der Waals surface area contributed by atoms with E-state index in [1.165, 1.54) is 10.7 Å². The van der Waals surface area contributed by atoms with Crippen molar-refractivity contribution in [1.29, 1.82) is 0 Å². The largest absolute Gasteiger partial charge is 0.474 e. The van der Waals surface area contributed by atoms with Crippen LogP contribution in [-0.2, 0) is 7.05 Å². The molecule has 144 valence electrons. The van der Waals surface area contributed by atoms with Crippen LogP contribution in [0.25, 0.3) is 11.3 Å². The van der Waals surface area contributed by atoms with E-state index in [1.54, 1.807) is 13.2 Å². The second-order valence-corrected chi connectivity index (χ2v) is 6.63. The first kappa shape index (κ1) is 18.0. The van der Waals surface area contributed by atoms with Crippen molar-refractivity contribution in [2.75, 3.05) is 5.32 Å². The van der Waals surface area contributed by atoms with Gasteiger partial charge in [-0.15, -0.1) is 0 Å². The van der Waals surface area contributed by atoms with E-state index in [-0.39, 0.29) is 11.8 Å². The van der Waals surface area contributed by atoms with E-state index in [0.717, 1.165) is 36.4 Å². The molecule has 3 aromatic rings. The third-order valence-electron chi connectivity index (χ3n) is 4.38. The number of halogens is 2. The summed E-state index contributed by atoms with van der Waals surface area (Å²) in [6, 6.07) is 3.37. The monoisotopic (exact) mass is 385 g/mol. The Morgan fingerprint density at radius 3 is 2.57 bits per heavy atom. The molecular formula is C19H17F2N5O2. The number of ether oxygens (including phenoxy) is 1. The fourth-order valence-corrected chi connectivity index (χ4v) is 2.76. The number of hydrogen-bond acceptors (Lipinski definition) is 5. The van der Waals surface area contributed by atoms with Crippen LogP contribution in [0.1, 0.15) is 28.9 Å². The van der Waals surface area contributed by atoms with Gasteiger partial charge < -0.3 is 10.1 Å². The molecule has 0 saturated heterocycles. The molecule has 0 atom stereocenters. The minimum atomic E-state index is -0.962. The Morgan fingerprint density at radius 1 is 1.21 bits per heavy atom. The summed E-state index contributed by atoms with van der Waals surface area (Å²) in [4.78, 5) is 20.1. The van der Waals surface area contributed by atoms with E-state index in [0.29, 0.717) is 11.6 Å². The van der Waals surface area contributed by atoms with Gasteiger partial charge in [-0.2, -0.15) is 5.10 Å². The van der Waals surface area contributed by atoms with Crippen molar-refractivity contribution >= 4 is 11.6 Å².